The lowest BCUT2D eigenvalue weighted by Crippen LogP contribution is -2.46. The maximum atomic E-state index is 12.1. The first-order valence-corrected chi connectivity index (χ1v) is 6.00. The van der Waals surface area contributed by atoms with Gasteiger partial charge in [-0.2, -0.15) is 0 Å². The Kier molecular flexibility index (Phi) is 3.86. The van der Waals surface area contributed by atoms with E-state index in [-0.39, 0.29) is 17.8 Å². The Balaban J connectivity index is 2.06. The molecule has 1 heterocycles. The number of hydrogen-bond acceptors (Lipinski definition) is 3. The van der Waals surface area contributed by atoms with E-state index in [0.717, 1.165) is 0 Å². The molecular weight excluding hydrogens is 242 g/mol. The fourth-order valence-electron chi connectivity index (χ4n) is 1.78. The first-order valence-electron chi connectivity index (χ1n) is 5.46. The molecule has 0 saturated carbocycles. The van der Waals surface area contributed by atoms with Gasteiger partial charge in [-0.05, 0) is 24.3 Å². The Labute approximate surface area is 105 Å². The van der Waals surface area contributed by atoms with Gasteiger partial charge in [-0.15, -0.1) is 11.6 Å². The number of phenols is 1. The molecule has 4 nitrogen and oxygen atoms in total. The minimum atomic E-state index is -0.0912. The van der Waals surface area contributed by atoms with E-state index in [0.29, 0.717) is 31.1 Å². The molecule has 0 spiro atoms. The molecule has 0 aliphatic carbocycles. The summed E-state index contributed by atoms with van der Waals surface area (Å²) in [6.07, 6.45) is -0.0912. The van der Waals surface area contributed by atoms with E-state index in [4.69, 9.17) is 21.4 Å². The summed E-state index contributed by atoms with van der Waals surface area (Å²) in [6, 6.07) is 6.24. The molecule has 1 atom stereocenters. The van der Waals surface area contributed by atoms with E-state index in [1.165, 1.54) is 12.1 Å². The number of rotatable bonds is 2. The molecule has 1 unspecified atom stereocenters. The number of benzene rings is 1. The standard InChI is InChI=1S/C12H14ClNO3/c13-7-11-8-14(5-6-17-11)12(16)9-1-3-10(15)4-2-9/h1-4,11,15H,5-8H2. The van der Waals surface area contributed by atoms with Crippen LogP contribution in [0.2, 0.25) is 0 Å². The van der Waals surface area contributed by atoms with Crippen molar-refractivity contribution >= 4 is 17.5 Å². The van der Waals surface area contributed by atoms with Crippen LogP contribution in [0.15, 0.2) is 24.3 Å². The first-order chi connectivity index (χ1) is 8.20. The number of aromatic hydroxyl groups is 1. The lowest BCUT2D eigenvalue weighted by molar-refractivity contribution is -0.0108. The van der Waals surface area contributed by atoms with Gasteiger partial charge >= 0.3 is 0 Å². The molecule has 5 heteroatoms. The predicted molar refractivity (Wildman–Crippen MR) is 64.5 cm³/mol. The molecule has 17 heavy (non-hydrogen) atoms. The summed E-state index contributed by atoms with van der Waals surface area (Å²) < 4.78 is 5.40. The van der Waals surface area contributed by atoms with Gasteiger partial charge in [0.1, 0.15) is 5.75 Å². The molecule has 0 radical (unpaired) electrons. The van der Waals surface area contributed by atoms with Gasteiger partial charge < -0.3 is 14.7 Å². The highest BCUT2D eigenvalue weighted by Gasteiger charge is 2.24. The highest BCUT2D eigenvalue weighted by atomic mass is 35.5. The quantitative estimate of drug-likeness (QED) is 0.815. The topological polar surface area (TPSA) is 49.8 Å². The molecule has 0 aromatic heterocycles. The number of morpholine rings is 1. The lowest BCUT2D eigenvalue weighted by atomic mass is 10.1. The third kappa shape index (κ3) is 2.90. The number of phenolic OH excluding ortho intramolecular Hbond substituents is 1. The fraction of sp³-hybridized carbons (Fsp3) is 0.417. The van der Waals surface area contributed by atoms with Crippen LogP contribution >= 0.6 is 11.6 Å². The van der Waals surface area contributed by atoms with E-state index in [1.54, 1.807) is 17.0 Å². The maximum Gasteiger partial charge on any atom is 0.254 e. The second kappa shape index (κ2) is 5.38. The zero-order valence-electron chi connectivity index (χ0n) is 9.30. The summed E-state index contributed by atoms with van der Waals surface area (Å²) in [4.78, 5) is 13.8. The normalized spacial score (nSPS) is 20.3. The number of carbonyl (C=O) groups is 1. The van der Waals surface area contributed by atoms with Crippen molar-refractivity contribution in [2.24, 2.45) is 0 Å². The maximum absolute atomic E-state index is 12.1. The SMILES string of the molecule is O=C(c1ccc(O)cc1)N1CCOC(CCl)C1. The molecule has 1 aliphatic rings. The third-order valence-electron chi connectivity index (χ3n) is 2.71. The average molecular weight is 256 g/mol. The van der Waals surface area contributed by atoms with Gasteiger partial charge in [-0.3, -0.25) is 4.79 Å². The number of alkyl halides is 1. The van der Waals surface area contributed by atoms with Gasteiger partial charge in [-0.25, -0.2) is 0 Å². The van der Waals surface area contributed by atoms with E-state index in [9.17, 15) is 4.79 Å². The van der Waals surface area contributed by atoms with Crippen molar-refractivity contribution in [3.63, 3.8) is 0 Å². The van der Waals surface area contributed by atoms with Crippen LogP contribution in [0.1, 0.15) is 10.4 Å². The molecular formula is C12H14ClNO3. The molecule has 0 bridgehead atoms. The zero-order chi connectivity index (χ0) is 12.3. The summed E-state index contributed by atoms with van der Waals surface area (Å²) in [5, 5.41) is 9.17. The molecule has 1 aliphatic heterocycles. The van der Waals surface area contributed by atoms with Crippen molar-refractivity contribution in [3.05, 3.63) is 29.8 Å². The summed E-state index contributed by atoms with van der Waals surface area (Å²) in [5.74, 6) is 0.491. The second-order valence-corrected chi connectivity index (χ2v) is 4.25. The molecule has 1 amide bonds. The Hall–Kier alpha value is -1.26. The fourth-order valence-corrected chi connectivity index (χ4v) is 1.97. The van der Waals surface area contributed by atoms with Crippen molar-refractivity contribution in [2.75, 3.05) is 25.6 Å². The van der Waals surface area contributed by atoms with Crippen LogP contribution in [-0.2, 0) is 4.74 Å². The van der Waals surface area contributed by atoms with Crippen LogP contribution < -0.4 is 0 Å². The predicted octanol–water partition coefficient (Wildman–Crippen LogP) is 1.47. The summed E-state index contributed by atoms with van der Waals surface area (Å²) in [5.41, 5.74) is 0.568. The van der Waals surface area contributed by atoms with Gasteiger partial charge in [0.05, 0.1) is 18.6 Å². The smallest absolute Gasteiger partial charge is 0.254 e. The summed E-state index contributed by atoms with van der Waals surface area (Å²) >= 11 is 5.72. The van der Waals surface area contributed by atoms with E-state index in [1.807, 2.05) is 0 Å². The monoisotopic (exact) mass is 255 g/mol. The minimum absolute atomic E-state index is 0.0524. The molecule has 1 aromatic carbocycles. The molecule has 1 aromatic rings. The number of hydrogen-bond donors (Lipinski definition) is 1. The van der Waals surface area contributed by atoms with Gasteiger partial charge in [0, 0.05) is 18.7 Å². The molecule has 1 N–H and O–H groups in total. The lowest BCUT2D eigenvalue weighted by Gasteiger charge is -2.32. The van der Waals surface area contributed by atoms with Crippen LogP contribution in [0.3, 0.4) is 0 Å². The van der Waals surface area contributed by atoms with Crippen LogP contribution in [-0.4, -0.2) is 47.6 Å². The Morgan fingerprint density at radius 2 is 2.18 bits per heavy atom. The second-order valence-electron chi connectivity index (χ2n) is 3.95. The number of nitrogens with zero attached hydrogens (tertiary/aromatic N) is 1. The third-order valence-corrected chi connectivity index (χ3v) is 3.06. The minimum Gasteiger partial charge on any atom is -0.508 e. The van der Waals surface area contributed by atoms with Crippen molar-refractivity contribution in [2.45, 2.75) is 6.10 Å². The first kappa shape index (κ1) is 12.2. The molecule has 92 valence electrons. The van der Waals surface area contributed by atoms with Gasteiger partial charge in [0.15, 0.2) is 0 Å². The molecule has 2 rings (SSSR count). The van der Waals surface area contributed by atoms with Crippen LogP contribution in [0.25, 0.3) is 0 Å². The number of halogens is 1. The van der Waals surface area contributed by atoms with Crippen LogP contribution in [0.4, 0.5) is 0 Å². The van der Waals surface area contributed by atoms with Crippen molar-refractivity contribution in [1.29, 1.82) is 0 Å². The number of carbonyl (C=O) groups excluding carboxylic acids is 1. The highest BCUT2D eigenvalue weighted by Crippen LogP contribution is 2.14. The molecule has 1 saturated heterocycles. The average Bonchev–Trinajstić information content (AvgIpc) is 2.39. The van der Waals surface area contributed by atoms with E-state index >= 15 is 0 Å². The van der Waals surface area contributed by atoms with Gasteiger partial charge in [-0.1, -0.05) is 0 Å². The Bertz CT molecular complexity index is 393. The van der Waals surface area contributed by atoms with Crippen molar-refractivity contribution in [3.8, 4) is 5.75 Å². The van der Waals surface area contributed by atoms with E-state index < -0.39 is 0 Å². The van der Waals surface area contributed by atoms with Crippen molar-refractivity contribution in [1.82, 2.24) is 4.90 Å². The Morgan fingerprint density at radius 1 is 1.47 bits per heavy atom. The zero-order valence-corrected chi connectivity index (χ0v) is 10.1. The van der Waals surface area contributed by atoms with Gasteiger partial charge in [0.25, 0.3) is 5.91 Å². The summed E-state index contributed by atoms with van der Waals surface area (Å²) in [7, 11) is 0. The Morgan fingerprint density at radius 3 is 2.82 bits per heavy atom. The highest BCUT2D eigenvalue weighted by molar-refractivity contribution is 6.18. The van der Waals surface area contributed by atoms with E-state index in [2.05, 4.69) is 0 Å². The number of ether oxygens (including phenoxy) is 1. The summed E-state index contributed by atoms with van der Waals surface area (Å²) in [6.45, 7) is 1.61. The van der Waals surface area contributed by atoms with Crippen LogP contribution in [0, 0.1) is 0 Å². The molecule has 1 fully saturated rings. The number of amides is 1. The van der Waals surface area contributed by atoms with Crippen molar-refractivity contribution < 1.29 is 14.6 Å². The van der Waals surface area contributed by atoms with Gasteiger partial charge in [0.2, 0.25) is 0 Å². The van der Waals surface area contributed by atoms with Crippen LogP contribution in [0.5, 0.6) is 5.75 Å². The largest absolute Gasteiger partial charge is 0.508 e.